The van der Waals surface area contributed by atoms with Crippen LogP contribution in [0.3, 0.4) is 0 Å². The molecule has 1 aliphatic heterocycles. The summed E-state index contributed by atoms with van der Waals surface area (Å²) in [5.41, 5.74) is 4.98. The number of aromatic nitrogens is 2. The lowest BCUT2D eigenvalue weighted by Crippen LogP contribution is -2.13. The third-order valence-electron chi connectivity index (χ3n) is 3.34. The van der Waals surface area contributed by atoms with Crippen molar-refractivity contribution in [3.8, 4) is 0 Å². The Morgan fingerprint density at radius 3 is 2.95 bits per heavy atom. The molecular weight excluding hydrogens is 262 g/mol. The highest BCUT2D eigenvalue weighted by Gasteiger charge is 2.12. The smallest absolute Gasteiger partial charge is 0.0919 e. The number of nitrogens with zero attached hydrogens (tertiary/aromatic N) is 4. The second kappa shape index (κ2) is 5.91. The second-order valence-corrected chi connectivity index (χ2v) is 5.18. The van der Waals surface area contributed by atoms with Crippen LogP contribution >= 0.6 is 0 Å². The molecule has 21 heavy (non-hydrogen) atoms. The lowest BCUT2D eigenvalue weighted by molar-refractivity contribution is 0.767. The Bertz CT molecular complexity index is 685. The summed E-state index contributed by atoms with van der Waals surface area (Å²) < 4.78 is 1.77. The molecule has 0 amide bonds. The van der Waals surface area contributed by atoms with Gasteiger partial charge in [0.1, 0.15) is 0 Å². The maximum Gasteiger partial charge on any atom is 0.0919 e. The van der Waals surface area contributed by atoms with Gasteiger partial charge in [-0.3, -0.25) is 14.7 Å². The number of aryl methyl sites for hydroxylation is 1. The molecule has 3 rings (SSSR count). The molecule has 2 bridgehead atoms. The Kier molecular flexibility index (Phi) is 3.81. The summed E-state index contributed by atoms with van der Waals surface area (Å²) in [6, 6.07) is 0. The van der Waals surface area contributed by atoms with E-state index < -0.39 is 0 Å². The fourth-order valence-corrected chi connectivity index (χ4v) is 2.27. The number of hydrogen-bond acceptors (Lipinski definition) is 4. The molecule has 0 saturated heterocycles. The highest BCUT2D eigenvalue weighted by atomic mass is 15.2. The lowest BCUT2D eigenvalue weighted by atomic mass is 10.2. The first-order chi connectivity index (χ1) is 10.2. The molecule has 0 spiro atoms. The summed E-state index contributed by atoms with van der Waals surface area (Å²) in [5.74, 6) is 0. The number of aliphatic imine (C=N–C) groups is 2. The molecule has 1 aromatic rings. The van der Waals surface area contributed by atoms with Crippen LogP contribution in [0.4, 0.5) is 0 Å². The first-order valence-electron chi connectivity index (χ1n) is 7.21. The van der Waals surface area contributed by atoms with E-state index in [-0.39, 0.29) is 0 Å². The predicted molar refractivity (Wildman–Crippen MR) is 86.2 cm³/mol. The van der Waals surface area contributed by atoms with Crippen molar-refractivity contribution < 1.29 is 0 Å². The predicted octanol–water partition coefficient (Wildman–Crippen LogP) is 2.46. The van der Waals surface area contributed by atoms with Crippen LogP contribution in [-0.4, -0.2) is 27.7 Å². The van der Waals surface area contributed by atoms with Gasteiger partial charge in [-0.25, -0.2) is 0 Å². The molecule has 1 aromatic heterocycles. The molecule has 0 aromatic carbocycles. The van der Waals surface area contributed by atoms with E-state index in [9.17, 15) is 0 Å². The van der Waals surface area contributed by atoms with Gasteiger partial charge in [-0.05, 0) is 24.6 Å². The summed E-state index contributed by atoms with van der Waals surface area (Å²) in [6.45, 7) is 3.11. The fraction of sp³-hybridized carbons (Fsp3) is 0.312. The van der Waals surface area contributed by atoms with Gasteiger partial charge < -0.3 is 5.32 Å². The lowest BCUT2D eigenvalue weighted by Gasteiger charge is -2.05. The normalized spacial score (nSPS) is 17.2. The molecule has 5 nitrogen and oxygen atoms in total. The summed E-state index contributed by atoms with van der Waals surface area (Å²) in [7, 11) is 1.90. The van der Waals surface area contributed by atoms with Crippen molar-refractivity contribution in [1.29, 1.82) is 0 Å². The van der Waals surface area contributed by atoms with E-state index in [4.69, 9.17) is 4.99 Å². The molecule has 1 aliphatic carbocycles. The minimum atomic E-state index is 0.758. The van der Waals surface area contributed by atoms with Gasteiger partial charge in [0.15, 0.2) is 0 Å². The Morgan fingerprint density at radius 2 is 2.19 bits per heavy atom. The zero-order chi connectivity index (χ0) is 14.7. The van der Waals surface area contributed by atoms with E-state index in [2.05, 4.69) is 40.6 Å². The van der Waals surface area contributed by atoms with Crippen molar-refractivity contribution in [1.82, 2.24) is 15.1 Å². The molecule has 0 atom stereocenters. The average Bonchev–Trinajstić information content (AvgIpc) is 2.71. The van der Waals surface area contributed by atoms with Crippen molar-refractivity contribution in [3.63, 3.8) is 0 Å². The van der Waals surface area contributed by atoms with Crippen molar-refractivity contribution >= 4 is 17.1 Å². The van der Waals surface area contributed by atoms with Gasteiger partial charge in [-0.2, -0.15) is 5.10 Å². The highest BCUT2D eigenvalue weighted by Crippen LogP contribution is 2.20. The van der Waals surface area contributed by atoms with Crippen LogP contribution in [-0.2, 0) is 7.05 Å². The number of hydrogen-bond donors (Lipinski definition) is 1. The summed E-state index contributed by atoms with van der Waals surface area (Å²) in [5, 5.41) is 7.60. The monoisotopic (exact) mass is 281 g/mol. The number of nitrogens with one attached hydrogen (secondary N) is 1. The van der Waals surface area contributed by atoms with E-state index in [1.165, 1.54) is 0 Å². The molecule has 2 heterocycles. The molecule has 0 unspecified atom stereocenters. The van der Waals surface area contributed by atoms with Crippen LogP contribution in [0.25, 0.3) is 5.70 Å². The topological polar surface area (TPSA) is 54.6 Å². The second-order valence-electron chi connectivity index (χ2n) is 5.18. The van der Waals surface area contributed by atoms with Crippen molar-refractivity contribution in [2.45, 2.75) is 19.8 Å². The molecular formula is C16H19N5. The first kappa shape index (κ1) is 13.5. The Labute approximate surface area is 124 Å². The first-order valence-corrected chi connectivity index (χ1v) is 7.21. The van der Waals surface area contributed by atoms with Crippen LogP contribution in [0.2, 0.25) is 0 Å². The van der Waals surface area contributed by atoms with Gasteiger partial charge in [0.2, 0.25) is 0 Å². The number of allylic oxidation sites excluding steroid dienone is 3. The van der Waals surface area contributed by atoms with Gasteiger partial charge in [-0.15, -0.1) is 0 Å². The Morgan fingerprint density at radius 1 is 1.29 bits per heavy atom. The summed E-state index contributed by atoms with van der Waals surface area (Å²) in [6.07, 6.45) is 13.7. The highest BCUT2D eigenvalue weighted by molar-refractivity contribution is 6.17. The van der Waals surface area contributed by atoms with E-state index in [0.717, 1.165) is 47.8 Å². The molecule has 5 heteroatoms. The minimum absolute atomic E-state index is 0.758. The van der Waals surface area contributed by atoms with Crippen LogP contribution in [0.15, 0.2) is 52.5 Å². The fourth-order valence-electron chi connectivity index (χ4n) is 2.27. The molecule has 108 valence electrons. The molecule has 1 N–H and O–H groups in total. The third kappa shape index (κ3) is 3.18. The molecule has 2 aliphatic rings. The van der Waals surface area contributed by atoms with Crippen LogP contribution in [0, 0.1) is 0 Å². The van der Waals surface area contributed by atoms with Gasteiger partial charge in [0.25, 0.3) is 0 Å². The largest absolute Gasteiger partial charge is 0.385 e. The van der Waals surface area contributed by atoms with E-state index in [1.807, 2.05) is 25.6 Å². The van der Waals surface area contributed by atoms with Crippen molar-refractivity contribution in [2.24, 2.45) is 17.0 Å². The van der Waals surface area contributed by atoms with Crippen LogP contribution < -0.4 is 5.32 Å². The number of fused-ring (bicyclic) bond motifs is 2. The zero-order valence-corrected chi connectivity index (χ0v) is 12.4. The Balaban J connectivity index is 1.94. The number of rotatable bonds is 4. The maximum atomic E-state index is 4.75. The average molecular weight is 281 g/mol. The van der Waals surface area contributed by atoms with Gasteiger partial charge in [-0.1, -0.05) is 6.92 Å². The van der Waals surface area contributed by atoms with Gasteiger partial charge >= 0.3 is 0 Å². The third-order valence-corrected chi connectivity index (χ3v) is 3.34. The standard InChI is InChI=1S/C16H19N5/c1-3-6-17-13-4-5-14-8-15(7-13)20-16(10-18-14)12-9-19-21(2)11-12/h4-5,7,9-11,17H,3,6,8H2,1-2H3. The van der Waals surface area contributed by atoms with Gasteiger partial charge in [0.05, 0.1) is 18.1 Å². The van der Waals surface area contributed by atoms with E-state index >= 15 is 0 Å². The molecule has 0 fully saturated rings. The van der Waals surface area contributed by atoms with Crippen LogP contribution in [0.1, 0.15) is 25.3 Å². The SMILES string of the molecule is CCCNC1=CC2=NC(c3cnn(C)c3)=CN=C(C=C1)C2. The quantitative estimate of drug-likeness (QED) is 0.921. The van der Waals surface area contributed by atoms with E-state index in [1.54, 1.807) is 4.68 Å². The van der Waals surface area contributed by atoms with Crippen molar-refractivity contribution in [3.05, 3.63) is 48.1 Å². The Hall–Kier alpha value is -2.43. The minimum Gasteiger partial charge on any atom is -0.385 e. The zero-order valence-electron chi connectivity index (χ0n) is 12.4. The van der Waals surface area contributed by atoms with E-state index in [0.29, 0.717) is 0 Å². The van der Waals surface area contributed by atoms with Crippen LogP contribution in [0.5, 0.6) is 0 Å². The molecule has 0 saturated carbocycles. The van der Waals surface area contributed by atoms with Gasteiger partial charge in [0, 0.05) is 48.9 Å². The van der Waals surface area contributed by atoms with Crippen molar-refractivity contribution in [2.75, 3.05) is 6.54 Å². The summed E-state index contributed by atoms with van der Waals surface area (Å²) in [4.78, 5) is 9.29. The maximum absolute atomic E-state index is 4.75. The summed E-state index contributed by atoms with van der Waals surface area (Å²) >= 11 is 0. The molecule has 0 radical (unpaired) electrons.